The molecular weight excluding hydrogens is 552 g/mol. The second kappa shape index (κ2) is 13.1. The highest BCUT2D eigenvalue weighted by molar-refractivity contribution is 6.19. The van der Waals surface area contributed by atoms with Crippen LogP contribution in [0.1, 0.15) is 23.6 Å². The normalized spacial score (nSPS) is 14.1. The average molecular weight is 585 g/mol. The summed E-state index contributed by atoms with van der Waals surface area (Å²) < 4.78 is 12.7. The van der Waals surface area contributed by atoms with E-state index in [0.29, 0.717) is 35.6 Å². The Labute approximate surface area is 256 Å². The summed E-state index contributed by atoms with van der Waals surface area (Å²) in [7, 11) is 1.59. The van der Waals surface area contributed by atoms with E-state index in [0.717, 1.165) is 33.0 Å². The smallest absolute Gasteiger partial charge is 0.271 e. The van der Waals surface area contributed by atoms with Crippen molar-refractivity contribution in [2.45, 2.75) is 20.3 Å². The molecule has 0 fully saturated rings. The van der Waals surface area contributed by atoms with E-state index in [4.69, 9.17) is 14.6 Å². The molecule has 0 spiro atoms. The lowest BCUT2D eigenvalue weighted by molar-refractivity contribution is -0.140. The van der Waals surface area contributed by atoms with E-state index >= 15 is 0 Å². The third kappa shape index (κ3) is 6.08. The van der Waals surface area contributed by atoms with Crippen LogP contribution < -0.4 is 9.47 Å². The van der Waals surface area contributed by atoms with Gasteiger partial charge in [0.15, 0.2) is 0 Å². The summed E-state index contributed by atoms with van der Waals surface area (Å²) in [5.74, 6) is 0.380. The van der Waals surface area contributed by atoms with E-state index in [1.807, 2.05) is 92.0 Å². The Kier molecular flexibility index (Phi) is 8.87. The van der Waals surface area contributed by atoms with Gasteiger partial charge >= 0.3 is 0 Å². The number of nitriles is 1. The number of carbonyl (C=O) groups excluding carboxylic acids is 2. The topological polar surface area (TPSA) is 97.4 Å². The molecule has 0 unspecified atom stereocenters. The molecule has 1 aromatic heterocycles. The van der Waals surface area contributed by atoms with Gasteiger partial charge in [0.1, 0.15) is 35.4 Å². The number of amides is 2. The lowest BCUT2D eigenvalue weighted by atomic mass is 9.92. The minimum absolute atomic E-state index is 0.0533. The van der Waals surface area contributed by atoms with Gasteiger partial charge in [0.25, 0.3) is 11.8 Å². The van der Waals surface area contributed by atoms with Gasteiger partial charge in [-0.25, -0.2) is 4.68 Å². The van der Waals surface area contributed by atoms with Gasteiger partial charge in [-0.2, -0.15) is 10.4 Å². The van der Waals surface area contributed by atoms with Crippen molar-refractivity contribution < 1.29 is 19.1 Å². The summed E-state index contributed by atoms with van der Waals surface area (Å²) in [6.45, 7) is 7.83. The predicted octanol–water partition coefficient (Wildman–Crippen LogP) is 6.26. The number of aryl methyl sites for hydroxylation is 1. The summed E-state index contributed by atoms with van der Waals surface area (Å²) >= 11 is 0. The number of ether oxygens (including phenoxy) is 2. The van der Waals surface area contributed by atoms with E-state index in [9.17, 15) is 14.9 Å². The Morgan fingerprint density at radius 3 is 2.36 bits per heavy atom. The van der Waals surface area contributed by atoms with Crippen LogP contribution in [0.3, 0.4) is 0 Å². The van der Waals surface area contributed by atoms with Crippen LogP contribution in [0.4, 0.5) is 0 Å². The minimum Gasteiger partial charge on any atom is -0.497 e. The van der Waals surface area contributed by atoms with Crippen LogP contribution in [0.5, 0.6) is 11.5 Å². The fraction of sp³-hybridized carbons (Fsp3) is 0.167. The van der Waals surface area contributed by atoms with Crippen molar-refractivity contribution in [3.8, 4) is 34.5 Å². The predicted molar refractivity (Wildman–Crippen MR) is 169 cm³/mol. The first-order chi connectivity index (χ1) is 21.3. The fourth-order valence-corrected chi connectivity index (χ4v) is 5.08. The molecule has 44 heavy (non-hydrogen) atoms. The van der Waals surface area contributed by atoms with Crippen molar-refractivity contribution in [3.05, 3.63) is 125 Å². The van der Waals surface area contributed by atoms with Crippen LogP contribution >= 0.6 is 0 Å². The first kappa shape index (κ1) is 29.8. The number of hydrogen-bond acceptors (Lipinski definition) is 6. The van der Waals surface area contributed by atoms with Crippen LogP contribution in [-0.2, 0) is 16.0 Å². The zero-order valence-corrected chi connectivity index (χ0v) is 24.9. The molecule has 4 aromatic rings. The largest absolute Gasteiger partial charge is 0.497 e. The highest BCUT2D eigenvalue weighted by Gasteiger charge is 2.35. The van der Waals surface area contributed by atoms with Gasteiger partial charge in [-0.1, -0.05) is 43.0 Å². The molecule has 1 aliphatic rings. The molecule has 0 saturated carbocycles. The quantitative estimate of drug-likeness (QED) is 0.124. The summed E-state index contributed by atoms with van der Waals surface area (Å²) in [4.78, 5) is 28.3. The molecule has 0 atom stereocenters. The minimum atomic E-state index is -0.591. The van der Waals surface area contributed by atoms with E-state index < -0.39 is 11.8 Å². The molecule has 1 aliphatic heterocycles. The number of imide groups is 1. The molecule has 5 rings (SSSR count). The van der Waals surface area contributed by atoms with E-state index in [2.05, 4.69) is 6.58 Å². The van der Waals surface area contributed by atoms with Crippen molar-refractivity contribution >= 4 is 17.9 Å². The molecule has 3 aromatic carbocycles. The maximum atomic E-state index is 13.9. The zero-order chi connectivity index (χ0) is 31.2. The van der Waals surface area contributed by atoms with Crippen LogP contribution in [0.15, 0.2) is 108 Å². The van der Waals surface area contributed by atoms with Crippen LogP contribution in [0.25, 0.3) is 23.0 Å². The molecule has 8 heteroatoms. The number of methoxy groups -OCH3 is 1. The summed E-state index contributed by atoms with van der Waals surface area (Å²) in [5, 5.41) is 14.8. The second-order valence-electron chi connectivity index (χ2n) is 10.3. The highest BCUT2D eigenvalue weighted by atomic mass is 16.5. The zero-order valence-electron chi connectivity index (χ0n) is 24.9. The van der Waals surface area contributed by atoms with Crippen LogP contribution in [0.2, 0.25) is 0 Å². The molecule has 220 valence electrons. The van der Waals surface area contributed by atoms with Gasteiger partial charge in [-0.05, 0) is 85.5 Å². The van der Waals surface area contributed by atoms with Gasteiger partial charge in [-0.15, -0.1) is 0 Å². The molecule has 0 N–H and O–H groups in total. The SMILES string of the molecule is C=CCOc1ccc(-c2nn(-c3ccccc3)cc2/C=C2/C(=O)N(CCc3ccc(OC)cc3)C(=O)C(C#N)=C2C)c(C)c1. The number of rotatable bonds is 10. The van der Waals surface area contributed by atoms with Crippen molar-refractivity contribution in [3.63, 3.8) is 0 Å². The number of nitrogens with zero attached hydrogens (tertiary/aromatic N) is 4. The summed E-state index contributed by atoms with van der Waals surface area (Å²) in [6.07, 6.45) is 5.70. The number of aromatic nitrogens is 2. The number of benzene rings is 3. The lowest BCUT2D eigenvalue weighted by Gasteiger charge is -2.27. The average Bonchev–Trinajstić information content (AvgIpc) is 3.46. The molecule has 0 aliphatic carbocycles. The van der Waals surface area contributed by atoms with E-state index in [1.165, 1.54) is 0 Å². The lowest BCUT2D eigenvalue weighted by Crippen LogP contribution is -2.43. The highest BCUT2D eigenvalue weighted by Crippen LogP contribution is 2.33. The van der Waals surface area contributed by atoms with Gasteiger partial charge in [0.2, 0.25) is 0 Å². The molecule has 0 saturated heterocycles. The summed E-state index contributed by atoms with van der Waals surface area (Å²) in [5.41, 5.74) is 5.44. The number of para-hydroxylation sites is 1. The van der Waals surface area contributed by atoms with Gasteiger partial charge in [0, 0.05) is 29.4 Å². The third-order valence-corrected chi connectivity index (χ3v) is 7.49. The fourth-order valence-electron chi connectivity index (χ4n) is 5.08. The van der Waals surface area contributed by atoms with E-state index in [-0.39, 0.29) is 17.7 Å². The Balaban J connectivity index is 1.57. The maximum Gasteiger partial charge on any atom is 0.271 e. The van der Waals surface area contributed by atoms with Crippen LogP contribution in [0, 0.1) is 18.3 Å². The standard InChI is InChI=1S/C36H32N4O4/c1-5-19-44-30-15-16-31(24(2)20-30)34-27(23-40(38-34)28-9-7-6-8-10-28)21-32-25(3)33(22-37)36(42)39(35(32)41)18-17-26-11-13-29(43-4)14-12-26/h5-16,20-21,23H,1,17-19H2,2-4H3/b32-21+. The maximum absolute atomic E-state index is 13.9. The van der Waals surface area contributed by atoms with Crippen molar-refractivity contribution in [1.82, 2.24) is 14.7 Å². The van der Waals surface area contributed by atoms with Gasteiger partial charge in [0.05, 0.1) is 12.8 Å². The van der Waals surface area contributed by atoms with Crippen molar-refractivity contribution in [1.29, 1.82) is 5.26 Å². The Hall–Kier alpha value is -5.68. The Bertz CT molecular complexity index is 1830. The Morgan fingerprint density at radius 2 is 1.70 bits per heavy atom. The summed E-state index contributed by atoms with van der Waals surface area (Å²) in [6, 6.07) is 24.9. The van der Waals surface area contributed by atoms with Crippen LogP contribution in [-0.4, -0.2) is 46.8 Å². The molecule has 2 heterocycles. The monoisotopic (exact) mass is 584 g/mol. The first-order valence-electron chi connectivity index (χ1n) is 14.2. The molecule has 2 amide bonds. The van der Waals surface area contributed by atoms with Gasteiger partial charge in [-0.3, -0.25) is 14.5 Å². The molecular formula is C36H32N4O4. The number of carbonyl (C=O) groups is 2. The van der Waals surface area contributed by atoms with E-state index in [1.54, 1.807) is 30.9 Å². The Morgan fingerprint density at radius 1 is 0.977 bits per heavy atom. The second-order valence-corrected chi connectivity index (χ2v) is 10.3. The molecule has 8 nitrogen and oxygen atoms in total. The molecule has 0 radical (unpaired) electrons. The first-order valence-corrected chi connectivity index (χ1v) is 14.2. The molecule has 0 bridgehead atoms. The van der Waals surface area contributed by atoms with Gasteiger partial charge < -0.3 is 9.47 Å². The van der Waals surface area contributed by atoms with Crippen molar-refractivity contribution in [2.24, 2.45) is 0 Å². The third-order valence-electron chi connectivity index (χ3n) is 7.49. The number of hydrogen-bond donors (Lipinski definition) is 0. The van der Waals surface area contributed by atoms with Crippen molar-refractivity contribution in [2.75, 3.05) is 20.3 Å².